The maximum atomic E-state index is 16.0. The van der Waals surface area contributed by atoms with Crippen molar-refractivity contribution < 1.29 is 33.1 Å². The first-order valence-electron chi connectivity index (χ1n) is 11.9. The third-order valence-electron chi connectivity index (χ3n) is 7.21. The van der Waals surface area contributed by atoms with E-state index in [1.165, 1.54) is 6.07 Å². The molecule has 186 valence electrons. The van der Waals surface area contributed by atoms with Crippen LogP contribution >= 0.6 is 0 Å². The van der Waals surface area contributed by atoms with Gasteiger partial charge in [0.2, 0.25) is 0 Å². The summed E-state index contributed by atoms with van der Waals surface area (Å²) in [5, 5.41) is 10.6. The molecular formula is C25H35BFNO6. The van der Waals surface area contributed by atoms with Gasteiger partial charge in [0.25, 0.3) is 0 Å². The lowest BCUT2D eigenvalue weighted by atomic mass is 9.74. The second-order valence-electron chi connectivity index (χ2n) is 11.5. The Bertz CT molecular complexity index is 991. The average molecular weight is 475 g/mol. The molecule has 0 aromatic heterocycles. The first-order chi connectivity index (χ1) is 15.6. The summed E-state index contributed by atoms with van der Waals surface area (Å²) < 4.78 is 39.8. The quantitative estimate of drug-likeness (QED) is 0.559. The van der Waals surface area contributed by atoms with Gasteiger partial charge in [-0.3, -0.25) is 0 Å². The Hall–Kier alpha value is -2.26. The molecule has 1 aromatic carbocycles. The van der Waals surface area contributed by atoms with Crippen LogP contribution in [0.1, 0.15) is 73.3 Å². The molecule has 2 saturated heterocycles. The highest BCUT2D eigenvalue weighted by atomic mass is 19.1. The number of aromatic hydroxyl groups is 1. The molecule has 3 aliphatic heterocycles. The Morgan fingerprint density at radius 1 is 1.12 bits per heavy atom. The molecule has 9 heteroatoms. The zero-order valence-electron chi connectivity index (χ0n) is 21.2. The molecule has 7 nitrogen and oxygen atoms in total. The van der Waals surface area contributed by atoms with E-state index in [9.17, 15) is 9.90 Å². The fraction of sp³-hybridized carbons (Fsp3) is 0.640. The van der Waals surface area contributed by atoms with E-state index in [-0.39, 0.29) is 18.3 Å². The van der Waals surface area contributed by atoms with Gasteiger partial charge in [-0.2, -0.15) is 0 Å². The van der Waals surface area contributed by atoms with Gasteiger partial charge in [0.1, 0.15) is 28.4 Å². The van der Waals surface area contributed by atoms with Crippen LogP contribution in [-0.4, -0.2) is 58.7 Å². The summed E-state index contributed by atoms with van der Waals surface area (Å²) >= 11 is 0. The second kappa shape index (κ2) is 8.16. The topological polar surface area (TPSA) is 77.5 Å². The lowest BCUT2D eigenvalue weighted by molar-refractivity contribution is -0.0183. The van der Waals surface area contributed by atoms with Gasteiger partial charge in [-0.1, -0.05) is 6.07 Å². The van der Waals surface area contributed by atoms with Crippen molar-refractivity contribution >= 4 is 18.8 Å². The highest BCUT2D eigenvalue weighted by Crippen LogP contribution is 2.51. The molecule has 0 atom stereocenters. The third-order valence-corrected chi connectivity index (χ3v) is 7.21. The first-order valence-corrected chi connectivity index (χ1v) is 11.9. The molecule has 0 bridgehead atoms. The predicted molar refractivity (Wildman–Crippen MR) is 127 cm³/mol. The predicted octanol–water partition coefficient (Wildman–Crippen LogP) is 5.26. The van der Waals surface area contributed by atoms with Crippen molar-refractivity contribution in [1.82, 2.24) is 4.90 Å². The number of benzene rings is 1. The Kier molecular flexibility index (Phi) is 5.96. The van der Waals surface area contributed by atoms with Gasteiger partial charge >= 0.3 is 13.2 Å². The van der Waals surface area contributed by atoms with Gasteiger partial charge < -0.3 is 28.8 Å². The highest BCUT2D eigenvalue weighted by Gasteiger charge is 2.55. The van der Waals surface area contributed by atoms with Crippen molar-refractivity contribution in [2.75, 3.05) is 13.1 Å². The minimum absolute atomic E-state index is 0.0554. The molecule has 1 aromatic rings. The number of amides is 1. The third kappa shape index (κ3) is 4.52. The van der Waals surface area contributed by atoms with E-state index in [2.05, 4.69) is 0 Å². The maximum absolute atomic E-state index is 16.0. The van der Waals surface area contributed by atoms with Crippen molar-refractivity contribution in [3.63, 3.8) is 0 Å². The smallest absolute Gasteiger partial charge is 0.507 e. The van der Waals surface area contributed by atoms with E-state index in [4.69, 9.17) is 18.8 Å². The highest BCUT2D eigenvalue weighted by molar-refractivity contribution is 6.55. The van der Waals surface area contributed by atoms with Gasteiger partial charge in [-0.25, -0.2) is 9.18 Å². The zero-order chi connectivity index (χ0) is 25.1. The summed E-state index contributed by atoms with van der Waals surface area (Å²) in [4.78, 5) is 14.2. The minimum atomic E-state index is -1.18. The Labute approximate surface area is 201 Å². The van der Waals surface area contributed by atoms with Gasteiger partial charge in [0.05, 0.1) is 16.8 Å². The number of hydrogen-bond acceptors (Lipinski definition) is 6. The summed E-state index contributed by atoms with van der Waals surface area (Å²) in [6.07, 6.45) is 0.869. The Morgan fingerprint density at radius 2 is 1.71 bits per heavy atom. The van der Waals surface area contributed by atoms with E-state index in [1.54, 1.807) is 17.0 Å². The largest absolute Gasteiger partial charge is 0.525 e. The molecule has 0 radical (unpaired) electrons. The number of halogens is 1. The van der Waals surface area contributed by atoms with Gasteiger partial charge in [0.15, 0.2) is 0 Å². The number of carbonyl (C=O) groups excluding carboxylic acids is 1. The van der Waals surface area contributed by atoms with Crippen LogP contribution in [0.3, 0.4) is 0 Å². The molecule has 1 spiro atoms. The lowest BCUT2D eigenvalue weighted by Crippen LogP contribution is -2.52. The molecular weight excluding hydrogens is 440 g/mol. The molecule has 0 saturated carbocycles. The van der Waals surface area contributed by atoms with Crippen molar-refractivity contribution in [3.8, 4) is 11.5 Å². The number of nitrogens with zero attached hydrogens (tertiary/aromatic N) is 1. The normalized spacial score (nSPS) is 24.5. The summed E-state index contributed by atoms with van der Waals surface area (Å²) in [5.74, 6) is 0.360. The average Bonchev–Trinajstić information content (AvgIpc) is 2.93. The number of carbonyl (C=O) groups is 1. The molecule has 2 fully saturated rings. The second-order valence-corrected chi connectivity index (χ2v) is 11.5. The van der Waals surface area contributed by atoms with Crippen molar-refractivity contribution in [2.45, 2.75) is 90.1 Å². The van der Waals surface area contributed by atoms with E-state index < -0.39 is 35.2 Å². The van der Waals surface area contributed by atoms with Crippen molar-refractivity contribution in [3.05, 3.63) is 29.5 Å². The van der Waals surface area contributed by atoms with Crippen molar-refractivity contribution in [2.24, 2.45) is 0 Å². The van der Waals surface area contributed by atoms with Gasteiger partial charge in [-0.05, 0) is 66.2 Å². The van der Waals surface area contributed by atoms with Crippen LogP contribution in [0.2, 0.25) is 0 Å². The summed E-state index contributed by atoms with van der Waals surface area (Å²) in [6.45, 7) is 13.8. The van der Waals surface area contributed by atoms with E-state index in [1.807, 2.05) is 48.5 Å². The molecule has 1 amide bonds. The van der Waals surface area contributed by atoms with E-state index in [0.29, 0.717) is 42.8 Å². The number of hydrogen-bond donors (Lipinski definition) is 1. The summed E-state index contributed by atoms with van der Waals surface area (Å²) in [7, 11) is -1.18. The molecule has 0 aliphatic carbocycles. The number of fused-ring (bicyclic) bond motifs is 1. The van der Waals surface area contributed by atoms with Crippen LogP contribution in [0.15, 0.2) is 23.9 Å². The fourth-order valence-corrected chi connectivity index (χ4v) is 4.58. The first kappa shape index (κ1) is 24.9. The molecule has 34 heavy (non-hydrogen) atoms. The molecule has 3 heterocycles. The number of rotatable bonds is 1. The standard InChI is InChI=1S/C25H35BFNO6/c1-22(2,3)32-21(30)28-13-11-25(12-14-28)15-16(19-17(29)9-8-10-18(19)31-25)20(27)26-33-23(4,5)24(6,7)34-26/h8-10,29H,11-15H2,1-7H3. The number of piperidine rings is 1. The van der Waals surface area contributed by atoms with Crippen LogP contribution in [-0.2, 0) is 14.0 Å². The van der Waals surface area contributed by atoms with Crippen LogP contribution in [0.5, 0.6) is 11.5 Å². The lowest BCUT2D eigenvalue weighted by Gasteiger charge is -2.45. The summed E-state index contributed by atoms with van der Waals surface area (Å²) in [5.41, 5.74) is -2.59. The van der Waals surface area contributed by atoms with Crippen LogP contribution in [0.4, 0.5) is 9.18 Å². The van der Waals surface area contributed by atoms with Gasteiger partial charge in [-0.15, -0.1) is 0 Å². The number of phenols is 1. The molecule has 3 aliphatic rings. The SMILES string of the molecule is CC(C)(C)OC(=O)N1CCC2(CC1)CC(=C(F)B1OC(C)(C)C(C)(C)O1)c1c(O)cccc1O2. The molecule has 4 rings (SSSR count). The zero-order valence-corrected chi connectivity index (χ0v) is 21.2. The Balaban J connectivity index is 1.64. The fourth-order valence-electron chi connectivity index (χ4n) is 4.58. The van der Waals surface area contributed by atoms with E-state index >= 15 is 4.39 Å². The Morgan fingerprint density at radius 3 is 2.26 bits per heavy atom. The minimum Gasteiger partial charge on any atom is -0.507 e. The number of phenolic OH excluding ortho intramolecular Hbond substituents is 1. The molecule has 1 N–H and O–H groups in total. The molecule has 0 unspecified atom stereocenters. The van der Waals surface area contributed by atoms with Gasteiger partial charge in [0, 0.05) is 32.4 Å². The summed E-state index contributed by atoms with van der Waals surface area (Å²) in [6, 6.07) is 4.92. The van der Waals surface area contributed by atoms with Crippen LogP contribution < -0.4 is 4.74 Å². The van der Waals surface area contributed by atoms with Crippen molar-refractivity contribution in [1.29, 1.82) is 0 Å². The maximum Gasteiger partial charge on any atom is 0.525 e. The van der Waals surface area contributed by atoms with Crippen LogP contribution in [0.25, 0.3) is 5.57 Å². The number of ether oxygens (including phenoxy) is 2. The van der Waals surface area contributed by atoms with E-state index in [0.717, 1.165) is 0 Å². The number of likely N-dealkylation sites (tertiary alicyclic amines) is 1. The van der Waals surface area contributed by atoms with Crippen LogP contribution in [0, 0.1) is 0 Å². The monoisotopic (exact) mass is 475 g/mol.